The second kappa shape index (κ2) is 5.72. The van der Waals surface area contributed by atoms with Crippen LogP contribution in [0.5, 0.6) is 5.75 Å². The highest BCUT2D eigenvalue weighted by Gasteiger charge is 2.31. The molecular weight excluding hydrogens is 254 g/mol. The number of hydrogen-bond donors (Lipinski definition) is 1. The van der Waals surface area contributed by atoms with Gasteiger partial charge in [0.25, 0.3) is 0 Å². The van der Waals surface area contributed by atoms with Crippen molar-refractivity contribution in [3.8, 4) is 5.75 Å². The quantitative estimate of drug-likeness (QED) is 0.914. The minimum absolute atomic E-state index is 0.179. The molecule has 0 bridgehead atoms. The Kier molecular flexibility index (Phi) is 3.96. The van der Waals surface area contributed by atoms with Gasteiger partial charge in [-0.3, -0.25) is 4.90 Å². The number of ether oxygens (including phenoxy) is 2. The Labute approximate surface area is 120 Å². The molecular formula is C16H23NO3. The number of benzene rings is 1. The lowest BCUT2D eigenvalue weighted by molar-refractivity contribution is -0.0965. The van der Waals surface area contributed by atoms with E-state index in [0.717, 1.165) is 30.8 Å². The first-order valence-electron chi connectivity index (χ1n) is 7.45. The van der Waals surface area contributed by atoms with E-state index in [1.807, 2.05) is 12.1 Å². The van der Waals surface area contributed by atoms with Gasteiger partial charge in [-0.2, -0.15) is 0 Å². The van der Waals surface area contributed by atoms with Gasteiger partial charge in [-0.25, -0.2) is 0 Å². The molecule has 0 aromatic heterocycles. The zero-order valence-electron chi connectivity index (χ0n) is 12.2. The fraction of sp³-hybridized carbons (Fsp3) is 0.625. The number of fused-ring (bicyclic) bond motifs is 1. The normalized spacial score (nSPS) is 24.5. The molecule has 0 aliphatic carbocycles. The van der Waals surface area contributed by atoms with Crippen LogP contribution in [0.25, 0.3) is 0 Å². The Bertz CT molecular complexity index is 475. The van der Waals surface area contributed by atoms with Crippen molar-refractivity contribution in [2.45, 2.75) is 38.5 Å². The van der Waals surface area contributed by atoms with Crippen LogP contribution in [0.3, 0.4) is 0 Å². The Hall–Kier alpha value is -1.10. The Morgan fingerprint density at radius 1 is 1.30 bits per heavy atom. The molecule has 110 valence electrons. The number of rotatable bonds is 3. The Morgan fingerprint density at radius 2 is 2.15 bits per heavy atom. The predicted octanol–water partition coefficient (Wildman–Crippen LogP) is 1.76. The molecule has 0 saturated carbocycles. The third kappa shape index (κ3) is 2.55. The van der Waals surface area contributed by atoms with E-state index in [1.165, 1.54) is 5.56 Å². The second-order valence-corrected chi connectivity index (χ2v) is 5.88. The van der Waals surface area contributed by atoms with Crippen molar-refractivity contribution in [1.29, 1.82) is 0 Å². The molecule has 4 nitrogen and oxygen atoms in total. The predicted molar refractivity (Wildman–Crippen MR) is 77.0 cm³/mol. The highest BCUT2D eigenvalue weighted by Crippen LogP contribution is 2.36. The Morgan fingerprint density at radius 3 is 2.95 bits per heavy atom. The van der Waals surface area contributed by atoms with Crippen molar-refractivity contribution >= 4 is 0 Å². The van der Waals surface area contributed by atoms with Gasteiger partial charge >= 0.3 is 0 Å². The molecule has 3 rings (SSSR count). The van der Waals surface area contributed by atoms with E-state index in [0.29, 0.717) is 19.3 Å². The highest BCUT2D eigenvalue weighted by atomic mass is 16.5. The van der Waals surface area contributed by atoms with E-state index in [4.69, 9.17) is 9.47 Å². The minimum atomic E-state index is -0.621. The van der Waals surface area contributed by atoms with Crippen LogP contribution in [0.2, 0.25) is 0 Å². The number of morpholine rings is 1. The van der Waals surface area contributed by atoms with Crippen LogP contribution in [0.1, 0.15) is 31.1 Å². The summed E-state index contributed by atoms with van der Waals surface area (Å²) in [5.74, 6) is 0.866. The summed E-state index contributed by atoms with van der Waals surface area (Å²) in [5, 5.41) is 10.7. The number of hydrogen-bond acceptors (Lipinski definition) is 4. The molecule has 1 aromatic rings. The van der Waals surface area contributed by atoms with Gasteiger partial charge in [-0.15, -0.1) is 0 Å². The van der Waals surface area contributed by atoms with Crippen LogP contribution in [0.15, 0.2) is 18.2 Å². The highest BCUT2D eigenvalue weighted by molar-refractivity contribution is 5.45. The lowest BCUT2D eigenvalue weighted by Gasteiger charge is -2.37. The number of nitrogens with zero attached hydrogens (tertiary/aromatic N) is 1. The third-order valence-electron chi connectivity index (χ3n) is 4.27. The fourth-order valence-electron chi connectivity index (χ4n) is 3.03. The first-order chi connectivity index (χ1) is 9.66. The van der Waals surface area contributed by atoms with E-state index < -0.39 is 6.10 Å². The van der Waals surface area contributed by atoms with Crippen molar-refractivity contribution in [3.63, 3.8) is 0 Å². The molecule has 2 heterocycles. The lowest BCUT2D eigenvalue weighted by atomic mass is 9.99. The third-order valence-corrected chi connectivity index (χ3v) is 4.27. The van der Waals surface area contributed by atoms with Gasteiger partial charge in [0.1, 0.15) is 18.0 Å². The summed E-state index contributed by atoms with van der Waals surface area (Å²) >= 11 is 0. The van der Waals surface area contributed by atoms with Crippen LogP contribution in [0, 0.1) is 0 Å². The molecule has 0 amide bonds. The maximum atomic E-state index is 10.7. The largest absolute Gasteiger partial charge is 0.493 e. The summed E-state index contributed by atoms with van der Waals surface area (Å²) in [5.41, 5.74) is 2.06. The summed E-state index contributed by atoms with van der Waals surface area (Å²) in [4.78, 5) is 2.35. The molecule has 1 saturated heterocycles. The first kappa shape index (κ1) is 13.9. The summed E-state index contributed by atoms with van der Waals surface area (Å²) in [7, 11) is 0. The van der Waals surface area contributed by atoms with Gasteiger partial charge in [-0.1, -0.05) is 18.2 Å². The van der Waals surface area contributed by atoms with Crippen LogP contribution in [-0.2, 0) is 11.2 Å². The van der Waals surface area contributed by atoms with E-state index in [2.05, 4.69) is 24.8 Å². The molecule has 4 heteroatoms. The van der Waals surface area contributed by atoms with Crippen LogP contribution < -0.4 is 4.74 Å². The number of aliphatic hydroxyl groups excluding tert-OH is 1. The topological polar surface area (TPSA) is 41.9 Å². The van der Waals surface area contributed by atoms with Gasteiger partial charge in [0.15, 0.2) is 0 Å². The van der Waals surface area contributed by atoms with E-state index in [9.17, 15) is 5.11 Å². The number of para-hydroxylation sites is 1. The molecule has 20 heavy (non-hydrogen) atoms. The van der Waals surface area contributed by atoms with E-state index in [-0.39, 0.29) is 6.10 Å². The zero-order valence-corrected chi connectivity index (χ0v) is 12.2. The summed E-state index contributed by atoms with van der Waals surface area (Å²) in [6.07, 6.45) is 0.131. The summed E-state index contributed by atoms with van der Waals surface area (Å²) < 4.78 is 11.5. The lowest BCUT2D eigenvalue weighted by Crippen LogP contribution is -2.47. The molecule has 2 unspecified atom stereocenters. The molecule has 2 aliphatic heterocycles. The molecule has 0 radical (unpaired) electrons. The van der Waals surface area contributed by atoms with Crippen LogP contribution in [-0.4, -0.2) is 48.5 Å². The fourth-order valence-corrected chi connectivity index (χ4v) is 3.03. The standard InChI is InChI=1S/C16H23NO3/c1-11(2)17-7-9-19-14(10-17)15(18)13-5-3-4-12-6-8-20-16(12)13/h3-5,11,14-15,18H,6-10H2,1-2H3. The van der Waals surface area contributed by atoms with E-state index >= 15 is 0 Å². The molecule has 1 aromatic carbocycles. The van der Waals surface area contributed by atoms with Crippen molar-refractivity contribution in [2.75, 3.05) is 26.3 Å². The molecule has 1 fully saturated rings. The SMILES string of the molecule is CC(C)N1CCOC(C(O)c2cccc3c2OCC3)C1. The van der Waals surface area contributed by atoms with Crippen molar-refractivity contribution in [3.05, 3.63) is 29.3 Å². The minimum Gasteiger partial charge on any atom is -0.493 e. The monoisotopic (exact) mass is 277 g/mol. The van der Waals surface area contributed by atoms with Gasteiger partial charge < -0.3 is 14.6 Å². The molecule has 0 spiro atoms. The Balaban J connectivity index is 1.79. The van der Waals surface area contributed by atoms with Crippen molar-refractivity contribution in [1.82, 2.24) is 4.90 Å². The van der Waals surface area contributed by atoms with Gasteiger partial charge in [-0.05, 0) is 19.4 Å². The maximum Gasteiger partial charge on any atom is 0.128 e. The second-order valence-electron chi connectivity index (χ2n) is 5.88. The van der Waals surface area contributed by atoms with E-state index in [1.54, 1.807) is 0 Å². The van der Waals surface area contributed by atoms with Gasteiger partial charge in [0, 0.05) is 31.1 Å². The molecule has 2 atom stereocenters. The van der Waals surface area contributed by atoms with Crippen LogP contribution in [0.4, 0.5) is 0 Å². The first-order valence-corrected chi connectivity index (χ1v) is 7.45. The van der Waals surface area contributed by atoms with Gasteiger partial charge in [0.05, 0.1) is 13.2 Å². The summed E-state index contributed by atoms with van der Waals surface area (Å²) in [6, 6.07) is 6.49. The van der Waals surface area contributed by atoms with Crippen LogP contribution >= 0.6 is 0 Å². The van der Waals surface area contributed by atoms with Crippen molar-refractivity contribution < 1.29 is 14.6 Å². The summed E-state index contributed by atoms with van der Waals surface area (Å²) in [6.45, 7) is 7.45. The maximum absolute atomic E-state index is 10.7. The smallest absolute Gasteiger partial charge is 0.128 e. The number of aliphatic hydroxyl groups is 1. The van der Waals surface area contributed by atoms with Gasteiger partial charge in [0.2, 0.25) is 0 Å². The molecule has 2 aliphatic rings. The van der Waals surface area contributed by atoms with Crippen molar-refractivity contribution in [2.24, 2.45) is 0 Å². The average Bonchev–Trinajstić information content (AvgIpc) is 2.95. The zero-order chi connectivity index (χ0) is 14.1. The average molecular weight is 277 g/mol. The molecule has 1 N–H and O–H groups in total.